The summed E-state index contributed by atoms with van der Waals surface area (Å²) in [5.74, 6) is 0. The second kappa shape index (κ2) is 10.0. The predicted molar refractivity (Wildman–Crippen MR) is 132 cm³/mol. The van der Waals surface area contributed by atoms with Crippen molar-refractivity contribution < 1.29 is 4.39 Å². The van der Waals surface area contributed by atoms with Crippen LogP contribution in [-0.4, -0.2) is 18.8 Å². The molecule has 4 rings (SSSR count). The van der Waals surface area contributed by atoms with Gasteiger partial charge in [0.25, 0.3) is 0 Å². The molecule has 0 radical (unpaired) electrons. The van der Waals surface area contributed by atoms with Crippen molar-refractivity contribution in [3.63, 3.8) is 0 Å². The molecule has 1 aromatic rings. The molecular formula is C27H39FN4. The van der Waals surface area contributed by atoms with Crippen LogP contribution in [0.2, 0.25) is 0 Å². The minimum absolute atomic E-state index is 0.155. The van der Waals surface area contributed by atoms with Gasteiger partial charge >= 0.3 is 0 Å². The SMILES string of the molecule is C=C(NC/C(C(C)=N)=C(\C)N)C12CCC(c3ccc(CC/C(=C/F)CN)cc3)(CC1)CC2. The van der Waals surface area contributed by atoms with Gasteiger partial charge in [-0.3, -0.25) is 0 Å². The Morgan fingerprint density at radius 2 is 1.72 bits per heavy atom. The van der Waals surface area contributed by atoms with E-state index < -0.39 is 0 Å². The van der Waals surface area contributed by atoms with E-state index in [0.29, 0.717) is 36.3 Å². The van der Waals surface area contributed by atoms with Crippen molar-refractivity contribution in [2.24, 2.45) is 16.9 Å². The van der Waals surface area contributed by atoms with Crippen LogP contribution >= 0.6 is 0 Å². The second-order valence-electron chi connectivity index (χ2n) is 9.85. The van der Waals surface area contributed by atoms with Gasteiger partial charge in [-0.25, -0.2) is 4.39 Å². The first-order valence-electron chi connectivity index (χ1n) is 11.8. The van der Waals surface area contributed by atoms with Gasteiger partial charge in [-0.05, 0) is 87.3 Å². The summed E-state index contributed by atoms with van der Waals surface area (Å²) in [7, 11) is 0. The van der Waals surface area contributed by atoms with Gasteiger partial charge in [0, 0.05) is 41.2 Å². The number of halogens is 1. The molecule has 0 spiro atoms. The summed E-state index contributed by atoms with van der Waals surface area (Å²) in [5, 5.41) is 11.5. The van der Waals surface area contributed by atoms with Crippen LogP contribution in [0.4, 0.5) is 4.39 Å². The molecule has 3 aliphatic rings. The predicted octanol–water partition coefficient (Wildman–Crippen LogP) is 5.40. The molecule has 32 heavy (non-hydrogen) atoms. The summed E-state index contributed by atoms with van der Waals surface area (Å²) < 4.78 is 12.7. The van der Waals surface area contributed by atoms with Gasteiger partial charge in [-0.15, -0.1) is 0 Å². The fourth-order valence-electron chi connectivity index (χ4n) is 5.55. The molecule has 0 heterocycles. The van der Waals surface area contributed by atoms with E-state index in [4.69, 9.17) is 16.9 Å². The van der Waals surface area contributed by atoms with Crippen LogP contribution in [-0.2, 0) is 11.8 Å². The average molecular weight is 439 g/mol. The first-order valence-corrected chi connectivity index (χ1v) is 11.8. The van der Waals surface area contributed by atoms with Crippen LogP contribution in [0, 0.1) is 10.8 Å². The van der Waals surface area contributed by atoms with E-state index >= 15 is 0 Å². The van der Waals surface area contributed by atoms with Crippen molar-refractivity contribution in [3.05, 3.63) is 70.8 Å². The Morgan fingerprint density at radius 1 is 1.12 bits per heavy atom. The van der Waals surface area contributed by atoms with Crippen LogP contribution in [0.15, 0.2) is 59.7 Å². The first kappa shape index (κ1) is 24.2. The Bertz CT molecular complexity index is 882. The Hall–Kier alpha value is -2.40. The molecule has 0 saturated heterocycles. The van der Waals surface area contributed by atoms with Crippen molar-refractivity contribution in [3.8, 4) is 0 Å². The zero-order valence-electron chi connectivity index (χ0n) is 19.7. The largest absolute Gasteiger partial charge is 0.402 e. The summed E-state index contributed by atoms with van der Waals surface area (Å²) in [4.78, 5) is 0. The molecule has 4 nitrogen and oxygen atoms in total. The summed E-state index contributed by atoms with van der Waals surface area (Å²) in [6.45, 7) is 8.90. The fourth-order valence-corrected chi connectivity index (χ4v) is 5.55. The van der Waals surface area contributed by atoms with Gasteiger partial charge in [0.2, 0.25) is 0 Å². The quantitative estimate of drug-likeness (QED) is 0.369. The lowest BCUT2D eigenvalue weighted by Gasteiger charge is -2.54. The lowest BCUT2D eigenvalue weighted by Crippen LogP contribution is -2.47. The number of nitrogens with two attached hydrogens (primary N) is 2. The maximum absolute atomic E-state index is 12.7. The minimum atomic E-state index is 0.155. The van der Waals surface area contributed by atoms with Gasteiger partial charge < -0.3 is 22.2 Å². The van der Waals surface area contributed by atoms with E-state index in [1.165, 1.54) is 30.4 Å². The average Bonchev–Trinajstić information content (AvgIpc) is 2.81. The third-order valence-electron chi connectivity index (χ3n) is 8.01. The van der Waals surface area contributed by atoms with E-state index in [9.17, 15) is 4.39 Å². The van der Waals surface area contributed by atoms with Crippen molar-refractivity contribution in [2.45, 2.75) is 70.6 Å². The fraction of sp³-hybridized carbons (Fsp3) is 0.519. The number of hydrogen-bond donors (Lipinski definition) is 4. The highest BCUT2D eigenvalue weighted by Gasteiger charge is 2.50. The summed E-state index contributed by atoms with van der Waals surface area (Å²) in [5.41, 5.74) is 18.5. The van der Waals surface area contributed by atoms with Gasteiger partial charge in [-0.1, -0.05) is 30.8 Å². The highest BCUT2D eigenvalue weighted by atomic mass is 19.1. The van der Waals surface area contributed by atoms with Gasteiger partial charge in [0.05, 0.1) is 6.33 Å². The van der Waals surface area contributed by atoms with Crippen molar-refractivity contribution in [2.75, 3.05) is 13.1 Å². The molecule has 0 unspecified atom stereocenters. The summed E-state index contributed by atoms with van der Waals surface area (Å²) >= 11 is 0. The zero-order valence-corrected chi connectivity index (χ0v) is 19.7. The van der Waals surface area contributed by atoms with Crippen LogP contribution in [0.25, 0.3) is 0 Å². The van der Waals surface area contributed by atoms with Crippen molar-refractivity contribution >= 4 is 5.71 Å². The molecule has 2 bridgehead atoms. The number of nitrogens with one attached hydrogen (secondary N) is 2. The number of fused-ring (bicyclic) bond motifs is 3. The number of allylic oxidation sites excluding steroid dienone is 2. The highest BCUT2D eigenvalue weighted by molar-refractivity contribution is 5.96. The topological polar surface area (TPSA) is 87.9 Å². The number of benzene rings is 1. The van der Waals surface area contributed by atoms with Crippen LogP contribution in [0.3, 0.4) is 0 Å². The lowest BCUT2D eigenvalue weighted by atomic mass is 9.51. The monoisotopic (exact) mass is 438 g/mol. The maximum Gasteiger partial charge on any atom is 0.0871 e. The van der Waals surface area contributed by atoms with Crippen LogP contribution in [0.1, 0.15) is 69.9 Å². The van der Waals surface area contributed by atoms with Gasteiger partial charge in [0.15, 0.2) is 0 Å². The van der Waals surface area contributed by atoms with Gasteiger partial charge in [-0.2, -0.15) is 0 Å². The summed E-state index contributed by atoms with van der Waals surface area (Å²) in [6, 6.07) is 8.98. The third kappa shape index (κ3) is 4.98. The van der Waals surface area contributed by atoms with Crippen LogP contribution < -0.4 is 16.8 Å². The van der Waals surface area contributed by atoms with E-state index in [2.05, 4.69) is 36.2 Å². The number of aryl methyl sites for hydroxylation is 1. The number of rotatable bonds is 10. The van der Waals surface area contributed by atoms with Crippen molar-refractivity contribution in [1.29, 1.82) is 5.41 Å². The van der Waals surface area contributed by atoms with Gasteiger partial charge in [0.1, 0.15) is 0 Å². The molecule has 0 aliphatic heterocycles. The lowest BCUT2D eigenvalue weighted by molar-refractivity contribution is 0.0649. The molecule has 174 valence electrons. The number of hydrogen-bond acceptors (Lipinski definition) is 4. The molecule has 0 aromatic heterocycles. The van der Waals surface area contributed by atoms with E-state index in [-0.39, 0.29) is 17.4 Å². The standard InChI is InChI=1S/C27H39FN4/c1-19(30)25(20(2)31)18-32-21(3)26-10-13-27(14-11-26,15-12-26)24-8-6-22(7-9-24)4-5-23(16-28)17-29/h6-9,16,30,32H,3-5,10-15,17-18,29,31H2,1-2H3/b23-16-,25-20-,30-19?. The molecule has 3 fully saturated rings. The van der Waals surface area contributed by atoms with Crippen molar-refractivity contribution in [1.82, 2.24) is 5.32 Å². The Kier molecular flexibility index (Phi) is 7.60. The highest BCUT2D eigenvalue weighted by Crippen LogP contribution is 2.59. The summed E-state index contributed by atoms with van der Waals surface area (Å²) in [6.07, 6.45) is 9.11. The maximum atomic E-state index is 12.7. The minimum Gasteiger partial charge on any atom is -0.402 e. The van der Waals surface area contributed by atoms with E-state index in [1.807, 2.05) is 6.92 Å². The molecule has 0 amide bonds. The van der Waals surface area contributed by atoms with E-state index in [0.717, 1.165) is 37.0 Å². The smallest absolute Gasteiger partial charge is 0.0871 e. The molecule has 6 N–H and O–H groups in total. The Morgan fingerprint density at radius 3 is 2.19 bits per heavy atom. The molecule has 1 aromatic carbocycles. The second-order valence-corrected chi connectivity index (χ2v) is 9.85. The van der Waals surface area contributed by atoms with E-state index in [1.54, 1.807) is 6.92 Å². The Balaban J connectivity index is 1.61. The third-order valence-corrected chi connectivity index (χ3v) is 8.01. The zero-order chi connectivity index (χ0) is 23.4. The molecule has 5 heteroatoms. The normalized spacial score (nSPS) is 25.9. The van der Waals surface area contributed by atoms with Crippen LogP contribution in [0.5, 0.6) is 0 Å². The molecule has 3 saturated carbocycles. The molecule has 0 atom stereocenters. The molecular weight excluding hydrogens is 399 g/mol. The molecule has 3 aliphatic carbocycles. The Labute approximate surface area is 192 Å². The first-order chi connectivity index (χ1) is 15.2.